The van der Waals surface area contributed by atoms with E-state index in [-0.39, 0.29) is 11.5 Å². The molecule has 2 aromatic rings. The molecule has 2 aliphatic rings. The molecule has 1 aliphatic carbocycles. The third kappa shape index (κ3) is 6.61. The van der Waals surface area contributed by atoms with E-state index in [1.807, 2.05) is 13.8 Å². The van der Waals surface area contributed by atoms with Crippen LogP contribution in [0.25, 0.3) is 0 Å². The number of aromatic hydroxyl groups is 2. The number of hydrogen-bond donors (Lipinski definition) is 3. The number of β-amino-alcohol motifs (C(OH)–C–C–N with tert-alkyl or cyclic N) is 1. The van der Waals surface area contributed by atoms with Crippen molar-refractivity contribution in [1.29, 1.82) is 0 Å². The van der Waals surface area contributed by atoms with E-state index in [0.717, 1.165) is 30.7 Å². The lowest BCUT2D eigenvalue weighted by atomic mass is 10.0. The molecule has 166 valence electrons. The molecule has 30 heavy (non-hydrogen) atoms. The summed E-state index contributed by atoms with van der Waals surface area (Å²) in [6, 6.07) is 10.7. The first kappa shape index (κ1) is 24.0. The molecule has 0 radical (unpaired) electrons. The predicted molar refractivity (Wildman–Crippen MR) is 116 cm³/mol. The number of fused-ring (bicyclic) bond motifs is 1. The fourth-order valence-corrected chi connectivity index (χ4v) is 4.14. The van der Waals surface area contributed by atoms with E-state index >= 15 is 0 Å². The monoisotopic (exact) mass is 419 g/mol. The number of methoxy groups -OCH3 is 1. The van der Waals surface area contributed by atoms with Crippen molar-refractivity contribution in [3.63, 3.8) is 0 Å². The molecule has 1 heterocycles. The maximum atomic E-state index is 13.3. The zero-order valence-electron chi connectivity index (χ0n) is 18.1. The van der Waals surface area contributed by atoms with Gasteiger partial charge in [0.1, 0.15) is 11.5 Å². The summed E-state index contributed by atoms with van der Waals surface area (Å²) in [5, 5.41) is 28.1. The van der Waals surface area contributed by atoms with Gasteiger partial charge in [0, 0.05) is 19.6 Å². The smallest absolute Gasteiger partial charge is 0.165 e. The lowest BCUT2D eigenvalue weighted by Gasteiger charge is -2.21. The number of rotatable bonds is 4. The van der Waals surface area contributed by atoms with Crippen molar-refractivity contribution in [2.75, 3.05) is 26.7 Å². The van der Waals surface area contributed by atoms with Crippen LogP contribution in [-0.4, -0.2) is 47.0 Å². The largest absolute Gasteiger partial charge is 0.508 e. The van der Waals surface area contributed by atoms with Crippen LogP contribution in [0.1, 0.15) is 44.8 Å². The van der Waals surface area contributed by atoms with Crippen LogP contribution in [0.15, 0.2) is 42.5 Å². The quantitative estimate of drug-likeness (QED) is 0.669. The number of aliphatic hydroxyl groups excluding tert-OH is 1. The first-order valence-corrected chi connectivity index (χ1v) is 10.7. The molecule has 2 aromatic carbocycles. The Morgan fingerprint density at radius 3 is 2.17 bits per heavy atom. The maximum absolute atomic E-state index is 13.3. The summed E-state index contributed by atoms with van der Waals surface area (Å²) in [6.45, 7) is 6.67. The number of hydrogen-bond acceptors (Lipinski definition) is 5. The molecule has 3 N–H and O–H groups in total. The van der Waals surface area contributed by atoms with Crippen molar-refractivity contribution in [2.45, 2.75) is 39.2 Å². The second-order valence-corrected chi connectivity index (χ2v) is 7.59. The molecule has 1 saturated carbocycles. The summed E-state index contributed by atoms with van der Waals surface area (Å²) < 4.78 is 18.1. The highest BCUT2D eigenvalue weighted by Crippen LogP contribution is 2.38. The lowest BCUT2D eigenvalue weighted by Crippen LogP contribution is -2.27. The fraction of sp³-hybridized carbons (Fsp3) is 0.500. The second kappa shape index (κ2) is 11.8. The zero-order chi connectivity index (χ0) is 22.1. The van der Waals surface area contributed by atoms with Crippen LogP contribution in [0.5, 0.6) is 17.2 Å². The van der Waals surface area contributed by atoms with Crippen molar-refractivity contribution in [2.24, 2.45) is 11.8 Å². The molecular weight excluding hydrogens is 385 g/mol. The van der Waals surface area contributed by atoms with Crippen molar-refractivity contribution in [3.05, 3.63) is 53.8 Å². The van der Waals surface area contributed by atoms with Crippen LogP contribution in [-0.2, 0) is 0 Å². The highest BCUT2D eigenvalue weighted by atomic mass is 19.1. The Balaban J connectivity index is 0.000000245. The normalized spacial score (nSPS) is 21.0. The number of ether oxygens (including phenoxy) is 1. The number of likely N-dealkylation sites (tertiary alicyclic amines) is 1. The molecule has 3 atom stereocenters. The summed E-state index contributed by atoms with van der Waals surface area (Å²) in [5.41, 5.74) is 0.535. The first-order valence-electron chi connectivity index (χ1n) is 10.7. The van der Waals surface area contributed by atoms with E-state index in [9.17, 15) is 9.50 Å². The molecule has 0 amide bonds. The zero-order valence-corrected chi connectivity index (χ0v) is 18.1. The highest BCUT2D eigenvalue weighted by Gasteiger charge is 2.36. The van der Waals surface area contributed by atoms with Crippen LogP contribution in [0.2, 0.25) is 0 Å². The van der Waals surface area contributed by atoms with Gasteiger partial charge in [-0.25, -0.2) is 4.39 Å². The Bertz CT molecular complexity index is 756. The van der Waals surface area contributed by atoms with Crippen LogP contribution in [0, 0.1) is 17.7 Å². The van der Waals surface area contributed by atoms with Gasteiger partial charge in [-0.05, 0) is 66.6 Å². The van der Waals surface area contributed by atoms with Gasteiger partial charge in [0.05, 0.1) is 13.2 Å². The van der Waals surface area contributed by atoms with Gasteiger partial charge in [0.2, 0.25) is 0 Å². The number of phenols is 2. The average Bonchev–Trinajstić information content (AvgIpc) is 3.34. The Kier molecular flexibility index (Phi) is 9.40. The average molecular weight is 420 g/mol. The van der Waals surface area contributed by atoms with E-state index in [0.29, 0.717) is 12.1 Å². The fourth-order valence-electron chi connectivity index (χ4n) is 4.14. The summed E-state index contributed by atoms with van der Waals surface area (Å²) >= 11 is 0. The maximum Gasteiger partial charge on any atom is 0.165 e. The van der Waals surface area contributed by atoms with Crippen LogP contribution >= 0.6 is 0 Å². The van der Waals surface area contributed by atoms with Crippen LogP contribution in [0.3, 0.4) is 0 Å². The number of nitrogens with zero attached hydrogens (tertiary/aromatic N) is 1. The number of halogens is 1. The summed E-state index contributed by atoms with van der Waals surface area (Å²) in [5.74, 6) is 1.57. The molecule has 4 rings (SSSR count). The first-order chi connectivity index (χ1) is 14.5. The van der Waals surface area contributed by atoms with E-state index in [4.69, 9.17) is 14.9 Å². The van der Waals surface area contributed by atoms with Crippen molar-refractivity contribution in [1.82, 2.24) is 4.90 Å². The van der Waals surface area contributed by atoms with Gasteiger partial charge in [0.25, 0.3) is 0 Å². The van der Waals surface area contributed by atoms with E-state index in [2.05, 4.69) is 4.90 Å². The van der Waals surface area contributed by atoms with E-state index < -0.39 is 11.9 Å². The summed E-state index contributed by atoms with van der Waals surface area (Å²) in [6.07, 6.45) is 3.28. The minimum Gasteiger partial charge on any atom is -0.508 e. The van der Waals surface area contributed by atoms with Gasteiger partial charge < -0.3 is 20.1 Å². The Hall–Kier alpha value is -2.31. The molecule has 0 aromatic heterocycles. The highest BCUT2D eigenvalue weighted by molar-refractivity contribution is 5.30. The predicted octanol–water partition coefficient (Wildman–Crippen LogP) is 4.72. The number of benzene rings is 2. The van der Waals surface area contributed by atoms with Crippen molar-refractivity contribution in [3.8, 4) is 17.2 Å². The van der Waals surface area contributed by atoms with E-state index in [1.54, 1.807) is 37.4 Å². The Morgan fingerprint density at radius 1 is 1.03 bits per heavy atom. The molecular formula is C24H34FNO4. The summed E-state index contributed by atoms with van der Waals surface area (Å²) in [7, 11) is 1.59. The molecule has 5 nitrogen and oxygen atoms in total. The van der Waals surface area contributed by atoms with Gasteiger partial charge in [-0.1, -0.05) is 26.3 Å². The Labute approximate surface area is 178 Å². The molecule has 0 bridgehead atoms. The van der Waals surface area contributed by atoms with Gasteiger partial charge >= 0.3 is 0 Å². The van der Waals surface area contributed by atoms with Crippen LogP contribution in [0.4, 0.5) is 4.39 Å². The second-order valence-electron chi connectivity index (χ2n) is 7.59. The van der Waals surface area contributed by atoms with Gasteiger partial charge in [-0.15, -0.1) is 0 Å². The minimum atomic E-state index is -0.686. The van der Waals surface area contributed by atoms with Gasteiger partial charge in [-0.2, -0.15) is 0 Å². The summed E-state index contributed by atoms with van der Waals surface area (Å²) in [4.78, 5) is 2.28. The molecule has 6 heteroatoms. The van der Waals surface area contributed by atoms with Gasteiger partial charge in [0.15, 0.2) is 11.6 Å². The van der Waals surface area contributed by atoms with Crippen LogP contribution < -0.4 is 4.74 Å². The molecule has 1 aliphatic heterocycles. The van der Waals surface area contributed by atoms with Crippen molar-refractivity contribution >= 4 is 0 Å². The van der Waals surface area contributed by atoms with E-state index in [1.165, 1.54) is 31.4 Å². The minimum absolute atomic E-state index is 0.260. The molecule has 0 spiro atoms. The molecule has 1 saturated heterocycles. The lowest BCUT2D eigenvalue weighted by molar-refractivity contribution is 0.121. The Morgan fingerprint density at radius 2 is 1.63 bits per heavy atom. The number of aliphatic hydroxyl groups is 1. The molecule has 2 fully saturated rings. The SMILES string of the molecule is CC.COc1ccc(O)cc1.Oc1ccc(C(O)CN2C[C@H]3CCC[C@H]3C2)cc1F. The van der Waals surface area contributed by atoms with Crippen molar-refractivity contribution < 1.29 is 24.4 Å². The number of phenolic OH excluding ortho intramolecular Hbond substituents is 2. The third-order valence-corrected chi connectivity index (χ3v) is 5.66. The standard InChI is InChI=1S/C15H20FNO2.C7H8O2.C2H6/c16-13-6-10(4-5-14(13)18)15(19)9-17-7-11-2-1-3-12(11)8-17;1-9-7-4-2-6(8)3-5-7;1-2/h4-6,11-12,15,18-19H,1-3,7-9H2;2-5,8H,1H3;1-2H3/t11-,12+,15?;;. The van der Waals surface area contributed by atoms with Gasteiger partial charge in [-0.3, -0.25) is 4.90 Å². The molecule has 1 unspecified atom stereocenters. The topological polar surface area (TPSA) is 73.2 Å². The third-order valence-electron chi connectivity index (χ3n) is 5.66.